The molecule has 0 radical (unpaired) electrons. The number of benzene rings is 1. The molecule has 0 bridgehead atoms. The van der Waals surface area contributed by atoms with Crippen LogP contribution in [0.25, 0.3) is 10.8 Å². The normalized spacial score (nSPS) is 21.6. The van der Waals surface area contributed by atoms with Crippen molar-refractivity contribution in [3.8, 4) is 0 Å². The van der Waals surface area contributed by atoms with Crippen LogP contribution in [-0.4, -0.2) is 45.8 Å². The molecule has 1 aliphatic rings. The van der Waals surface area contributed by atoms with Crippen LogP contribution < -0.4 is 0 Å². The van der Waals surface area contributed by atoms with Gasteiger partial charge in [0, 0.05) is 30.8 Å². The van der Waals surface area contributed by atoms with Gasteiger partial charge in [0.25, 0.3) is 0 Å². The summed E-state index contributed by atoms with van der Waals surface area (Å²) in [5, 5.41) is 12.5. The SMILES string of the molecule is CC1CCC(CO)CN1C(=O)CSc1nccc2ccccc12. The molecule has 122 valence electrons. The van der Waals surface area contributed by atoms with E-state index < -0.39 is 0 Å². The van der Waals surface area contributed by atoms with Gasteiger partial charge in [0.2, 0.25) is 5.91 Å². The number of carbonyl (C=O) groups is 1. The summed E-state index contributed by atoms with van der Waals surface area (Å²) in [5.41, 5.74) is 0. The topological polar surface area (TPSA) is 53.4 Å². The fourth-order valence-electron chi connectivity index (χ4n) is 3.10. The van der Waals surface area contributed by atoms with E-state index in [0.717, 1.165) is 28.6 Å². The Balaban J connectivity index is 1.68. The lowest BCUT2D eigenvalue weighted by Gasteiger charge is -2.37. The number of aliphatic hydroxyl groups is 1. The van der Waals surface area contributed by atoms with Gasteiger partial charge in [-0.1, -0.05) is 36.0 Å². The summed E-state index contributed by atoms with van der Waals surface area (Å²) in [4.78, 5) is 18.9. The van der Waals surface area contributed by atoms with Crippen molar-refractivity contribution in [1.82, 2.24) is 9.88 Å². The number of likely N-dealkylation sites (tertiary alicyclic amines) is 1. The predicted octanol–water partition coefficient (Wildman–Crippen LogP) is 2.95. The Hall–Kier alpha value is -1.59. The second kappa shape index (κ2) is 7.32. The van der Waals surface area contributed by atoms with Crippen molar-refractivity contribution in [3.05, 3.63) is 36.5 Å². The molecule has 1 fully saturated rings. The fourth-order valence-corrected chi connectivity index (χ4v) is 4.00. The highest BCUT2D eigenvalue weighted by Gasteiger charge is 2.28. The van der Waals surface area contributed by atoms with Crippen molar-refractivity contribution in [2.24, 2.45) is 5.92 Å². The summed E-state index contributed by atoms with van der Waals surface area (Å²) in [6, 6.07) is 10.3. The molecule has 1 amide bonds. The van der Waals surface area contributed by atoms with Gasteiger partial charge in [0.1, 0.15) is 5.03 Å². The highest BCUT2D eigenvalue weighted by atomic mass is 32.2. The maximum absolute atomic E-state index is 12.6. The zero-order chi connectivity index (χ0) is 16.2. The number of hydrogen-bond donors (Lipinski definition) is 1. The van der Waals surface area contributed by atoms with Crippen molar-refractivity contribution in [2.75, 3.05) is 18.9 Å². The van der Waals surface area contributed by atoms with Gasteiger partial charge in [-0.15, -0.1) is 0 Å². The Morgan fingerprint density at radius 2 is 2.17 bits per heavy atom. The number of hydrogen-bond acceptors (Lipinski definition) is 4. The molecule has 1 aromatic carbocycles. The van der Waals surface area contributed by atoms with Gasteiger partial charge < -0.3 is 10.0 Å². The van der Waals surface area contributed by atoms with Crippen LogP contribution in [-0.2, 0) is 4.79 Å². The minimum Gasteiger partial charge on any atom is -0.396 e. The molecule has 1 saturated heterocycles. The maximum atomic E-state index is 12.6. The summed E-state index contributed by atoms with van der Waals surface area (Å²) in [6.45, 7) is 2.92. The quantitative estimate of drug-likeness (QED) is 0.876. The first kappa shape index (κ1) is 16.3. The molecule has 2 heterocycles. The third-order valence-electron chi connectivity index (χ3n) is 4.53. The molecular formula is C18H22N2O2S. The van der Waals surface area contributed by atoms with E-state index in [1.807, 2.05) is 29.2 Å². The predicted molar refractivity (Wildman–Crippen MR) is 93.5 cm³/mol. The first-order chi connectivity index (χ1) is 11.2. The zero-order valence-corrected chi connectivity index (χ0v) is 14.1. The minimum absolute atomic E-state index is 0.135. The standard InChI is InChI=1S/C18H22N2O2S/c1-13-6-7-14(11-21)10-20(13)17(22)12-23-18-16-5-3-2-4-15(16)8-9-19-18/h2-5,8-9,13-14,21H,6-7,10-12H2,1H3. The second-order valence-corrected chi connectivity index (χ2v) is 7.11. The Bertz CT molecular complexity index is 686. The summed E-state index contributed by atoms with van der Waals surface area (Å²) < 4.78 is 0. The number of pyridine rings is 1. The Kier molecular flexibility index (Phi) is 5.18. The number of aliphatic hydroxyl groups excluding tert-OH is 1. The molecule has 2 atom stereocenters. The molecule has 4 nitrogen and oxygen atoms in total. The van der Waals surface area contributed by atoms with Crippen LogP contribution in [0.1, 0.15) is 19.8 Å². The van der Waals surface area contributed by atoms with Gasteiger partial charge in [-0.3, -0.25) is 4.79 Å². The largest absolute Gasteiger partial charge is 0.396 e. The van der Waals surface area contributed by atoms with E-state index in [1.165, 1.54) is 11.8 Å². The average molecular weight is 330 g/mol. The molecule has 1 aliphatic heterocycles. The number of rotatable bonds is 4. The molecule has 5 heteroatoms. The van der Waals surface area contributed by atoms with Crippen LogP contribution in [0, 0.1) is 5.92 Å². The maximum Gasteiger partial charge on any atom is 0.233 e. The van der Waals surface area contributed by atoms with E-state index in [4.69, 9.17) is 0 Å². The van der Waals surface area contributed by atoms with E-state index in [2.05, 4.69) is 18.0 Å². The van der Waals surface area contributed by atoms with Crippen LogP contribution in [0.5, 0.6) is 0 Å². The van der Waals surface area contributed by atoms with Gasteiger partial charge in [0.05, 0.1) is 5.75 Å². The lowest BCUT2D eigenvalue weighted by molar-refractivity contribution is -0.133. The van der Waals surface area contributed by atoms with Crippen molar-refractivity contribution < 1.29 is 9.90 Å². The van der Waals surface area contributed by atoms with E-state index in [-0.39, 0.29) is 24.5 Å². The lowest BCUT2D eigenvalue weighted by Crippen LogP contribution is -2.47. The Morgan fingerprint density at radius 3 is 3.00 bits per heavy atom. The molecule has 2 unspecified atom stereocenters. The van der Waals surface area contributed by atoms with E-state index >= 15 is 0 Å². The van der Waals surface area contributed by atoms with Crippen LogP contribution in [0.3, 0.4) is 0 Å². The summed E-state index contributed by atoms with van der Waals surface area (Å²) >= 11 is 1.50. The zero-order valence-electron chi connectivity index (χ0n) is 13.3. The summed E-state index contributed by atoms with van der Waals surface area (Å²) in [7, 11) is 0. The Morgan fingerprint density at radius 1 is 1.35 bits per heavy atom. The van der Waals surface area contributed by atoms with Crippen LogP contribution in [0.15, 0.2) is 41.6 Å². The number of amides is 1. The van der Waals surface area contributed by atoms with E-state index in [1.54, 1.807) is 6.20 Å². The lowest BCUT2D eigenvalue weighted by atomic mass is 9.94. The molecule has 0 saturated carbocycles. The van der Waals surface area contributed by atoms with Gasteiger partial charge in [-0.25, -0.2) is 4.98 Å². The number of carbonyl (C=O) groups excluding carboxylic acids is 1. The van der Waals surface area contributed by atoms with Crippen molar-refractivity contribution in [1.29, 1.82) is 0 Å². The molecule has 2 aromatic rings. The van der Waals surface area contributed by atoms with E-state index in [9.17, 15) is 9.90 Å². The van der Waals surface area contributed by atoms with Crippen LogP contribution >= 0.6 is 11.8 Å². The smallest absolute Gasteiger partial charge is 0.233 e. The first-order valence-electron chi connectivity index (χ1n) is 8.06. The summed E-state index contributed by atoms with van der Waals surface area (Å²) in [6.07, 6.45) is 3.76. The van der Waals surface area contributed by atoms with Crippen LogP contribution in [0.2, 0.25) is 0 Å². The van der Waals surface area contributed by atoms with Crippen molar-refractivity contribution in [3.63, 3.8) is 0 Å². The first-order valence-corrected chi connectivity index (χ1v) is 9.04. The average Bonchev–Trinajstić information content (AvgIpc) is 2.60. The second-order valence-electron chi connectivity index (χ2n) is 6.15. The molecule has 1 aromatic heterocycles. The van der Waals surface area contributed by atoms with Gasteiger partial charge in [-0.2, -0.15) is 0 Å². The number of thioether (sulfide) groups is 1. The van der Waals surface area contributed by atoms with E-state index in [0.29, 0.717) is 12.3 Å². The molecular weight excluding hydrogens is 308 g/mol. The molecule has 23 heavy (non-hydrogen) atoms. The molecule has 1 N–H and O–H groups in total. The minimum atomic E-state index is 0.135. The third-order valence-corrected chi connectivity index (χ3v) is 5.52. The summed E-state index contributed by atoms with van der Waals surface area (Å²) in [5.74, 6) is 0.745. The van der Waals surface area contributed by atoms with Gasteiger partial charge in [0.15, 0.2) is 0 Å². The third kappa shape index (κ3) is 3.67. The monoisotopic (exact) mass is 330 g/mol. The van der Waals surface area contributed by atoms with Crippen molar-refractivity contribution in [2.45, 2.75) is 30.8 Å². The van der Waals surface area contributed by atoms with Gasteiger partial charge >= 0.3 is 0 Å². The fraction of sp³-hybridized carbons (Fsp3) is 0.444. The van der Waals surface area contributed by atoms with Gasteiger partial charge in [-0.05, 0) is 37.1 Å². The highest BCUT2D eigenvalue weighted by molar-refractivity contribution is 8.00. The molecule has 3 rings (SSSR count). The molecule has 0 aliphatic carbocycles. The number of piperidine rings is 1. The van der Waals surface area contributed by atoms with Crippen LogP contribution in [0.4, 0.5) is 0 Å². The number of aromatic nitrogens is 1. The molecule has 0 spiro atoms. The van der Waals surface area contributed by atoms with Crippen molar-refractivity contribution >= 4 is 28.4 Å². The number of nitrogens with zero attached hydrogens (tertiary/aromatic N) is 2. The number of fused-ring (bicyclic) bond motifs is 1. The highest BCUT2D eigenvalue weighted by Crippen LogP contribution is 2.27. The Labute approximate surface area is 140 Å².